The van der Waals surface area contributed by atoms with Crippen LogP contribution in [-0.2, 0) is 0 Å². The second-order valence-electron chi connectivity index (χ2n) is 3.32. The SMILES string of the molecule is Clc1ccc([C@H]2CCCN2)cc1Br. The zero-order valence-electron chi connectivity index (χ0n) is 7.19. The van der Waals surface area contributed by atoms with Crippen LogP contribution in [0.4, 0.5) is 0 Å². The van der Waals surface area contributed by atoms with Gasteiger partial charge in [0.1, 0.15) is 0 Å². The minimum atomic E-state index is 0.522. The Labute approximate surface area is 91.6 Å². The summed E-state index contributed by atoms with van der Waals surface area (Å²) in [6.45, 7) is 1.13. The van der Waals surface area contributed by atoms with E-state index in [-0.39, 0.29) is 0 Å². The molecule has 70 valence electrons. The van der Waals surface area contributed by atoms with Gasteiger partial charge in [0.2, 0.25) is 0 Å². The predicted octanol–water partition coefficient (Wildman–Crippen LogP) is 3.53. The fraction of sp³-hybridized carbons (Fsp3) is 0.400. The molecule has 0 spiro atoms. The van der Waals surface area contributed by atoms with Gasteiger partial charge in [0.15, 0.2) is 0 Å². The Balaban J connectivity index is 2.25. The van der Waals surface area contributed by atoms with Crippen LogP contribution < -0.4 is 5.32 Å². The average Bonchev–Trinajstić information content (AvgIpc) is 2.62. The highest BCUT2D eigenvalue weighted by Crippen LogP contribution is 2.29. The minimum Gasteiger partial charge on any atom is -0.310 e. The quantitative estimate of drug-likeness (QED) is 0.814. The third-order valence-corrected chi connectivity index (χ3v) is 3.62. The highest BCUT2D eigenvalue weighted by atomic mass is 79.9. The topological polar surface area (TPSA) is 12.0 Å². The summed E-state index contributed by atoms with van der Waals surface area (Å²) < 4.78 is 0.986. The number of halogens is 2. The third kappa shape index (κ3) is 2.06. The highest BCUT2D eigenvalue weighted by Gasteiger charge is 2.16. The lowest BCUT2D eigenvalue weighted by Crippen LogP contribution is -2.12. The summed E-state index contributed by atoms with van der Waals surface area (Å²) in [5.74, 6) is 0. The summed E-state index contributed by atoms with van der Waals surface area (Å²) in [7, 11) is 0. The van der Waals surface area contributed by atoms with E-state index < -0.39 is 0 Å². The summed E-state index contributed by atoms with van der Waals surface area (Å²) >= 11 is 9.35. The van der Waals surface area contributed by atoms with Crippen molar-refractivity contribution in [2.75, 3.05) is 6.54 Å². The normalized spacial score (nSPS) is 22.2. The van der Waals surface area contributed by atoms with E-state index in [0.717, 1.165) is 16.0 Å². The number of rotatable bonds is 1. The first kappa shape index (κ1) is 9.50. The van der Waals surface area contributed by atoms with E-state index in [4.69, 9.17) is 11.6 Å². The van der Waals surface area contributed by atoms with Gasteiger partial charge in [-0.1, -0.05) is 17.7 Å². The number of hydrogen-bond donors (Lipinski definition) is 1. The maximum Gasteiger partial charge on any atom is 0.0548 e. The molecule has 0 amide bonds. The van der Waals surface area contributed by atoms with Crippen LogP contribution in [0.5, 0.6) is 0 Å². The minimum absolute atomic E-state index is 0.522. The van der Waals surface area contributed by atoms with Gasteiger partial charge < -0.3 is 5.32 Å². The van der Waals surface area contributed by atoms with Crippen LogP contribution in [0, 0.1) is 0 Å². The maximum atomic E-state index is 5.92. The van der Waals surface area contributed by atoms with Gasteiger partial charge in [0.25, 0.3) is 0 Å². The van der Waals surface area contributed by atoms with Gasteiger partial charge in [0.05, 0.1) is 5.02 Å². The molecular weight excluding hydrogens is 249 g/mol. The van der Waals surface area contributed by atoms with Gasteiger partial charge in [0, 0.05) is 10.5 Å². The molecule has 1 heterocycles. The van der Waals surface area contributed by atoms with Crippen molar-refractivity contribution in [3.8, 4) is 0 Å². The molecule has 0 aromatic heterocycles. The van der Waals surface area contributed by atoms with Crippen molar-refractivity contribution >= 4 is 27.5 Å². The van der Waals surface area contributed by atoms with Crippen LogP contribution in [0.3, 0.4) is 0 Å². The molecule has 1 nitrogen and oxygen atoms in total. The molecule has 13 heavy (non-hydrogen) atoms. The molecule has 3 heteroatoms. The Hall–Kier alpha value is -0.0500. The van der Waals surface area contributed by atoms with E-state index in [1.165, 1.54) is 18.4 Å². The number of benzene rings is 1. The van der Waals surface area contributed by atoms with Gasteiger partial charge in [-0.15, -0.1) is 0 Å². The third-order valence-electron chi connectivity index (χ3n) is 2.41. The lowest BCUT2D eigenvalue weighted by atomic mass is 10.1. The van der Waals surface area contributed by atoms with Crippen molar-refractivity contribution in [3.05, 3.63) is 33.3 Å². The molecule has 1 fully saturated rings. The summed E-state index contributed by atoms with van der Waals surface area (Å²) in [6, 6.07) is 6.66. The molecule has 0 radical (unpaired) electrons. The van der Waals surface area contributed by atoms with Crippen molar-refractivity contribution in [1.82, 2.24) is 5.32 Å². The Morgan fingerprint density at radius 2 is 2.31 bits per heavy atom. The molecule has 1 atom stereocenters. The van der Waals surface area contributed by atoms with Crippen molar-refractivity contribution in [2.24, 2.45) is 0 Å². The van der Waals surface area contributed by atoms with Crippen LogP contribution in [0.1, 0.15) is 24.4 Å². The monoisotopic (exact) mass is 259 g/mol. The van der Waals surface area contributed by atoms with E-state index in [0.29, 0.717) is 6.04 Å². The molecule has 1 saturated heterocycles. The molecule has 1 aliphatic heterocycles. The Kier molecular flexibility index (Phi) is 2.92. The molecule has 0 saturated carbocycles. The molecule has 2 rings (SSSR count). The first-order chi connectivity index (χ1) is 6.27. The van der Waals surface area contributed by atoms with Crippen molar-refractivity contribution in [2.45, 2.75) is 18.9 Å². The predicted molar refractivity (Wildman–Crippen MR) is 59.1 cm³/mol. The zero-order chi connectivity index (χ0) is 9.26. The summed E-state index contributed by atoms with van der Waals surface area (Å²) in [4.78, 5) is 0. The zero-order valence-corrected chi connectivity index (χ0v) is 9.53. The Morgan fingerprint density at radius 3 is 2.92 bits per heavy atom. The first-order valence-electron chi connectivity index (χ1n) is 4.46. The van der Waals surface area contributed by atoms with Crippen molar-refractivity contribution in [1.29, 1.82) is 0 Å². The van der Waals surface area contributed by atoms with Gasteiger partial charge in [-0.05, 0) is 53.0 Å². The van der Waals surface area contributed by atoms with Crippen LogP contribution in [0.25, 0.3) is 0 Å². The van der Waals surface area contributed by atoms with Gasteiger partial charge in [-0.25, -0.2) is 0 Å². The highest BCUT2D eigenvalue weighted by molar-refractivity contribution is 9.10. The molecule has 1 aromatic rings. The first-order valence-corrected chi connectivity index (χ1v) is 5.63. The van der Waals surface area contributed by atoms with E-state index in [1.54, 1.807) is 0 Å². The smallest absolute Gasteiger partial charge is 0.0548 e. The summed E-state index contributed by atoms with van der Waals surface area (Å²) in [5, 5.41) is 4.24. The van der Waals surface area contributed by atoms with Crippen LogP contribution in [0.15, 0.2) is 22.7 Å². The van der Waals surface area contributed by atoms with Gasteiger partial charge >= 0.3 is 0 Å². The van der Waals surface area contributed by atoms with Crippen LogP contribution >= 0.6 is 27.5 Å². The molecule has 1 aromatic carbocycles. The van der Waals surface area contributed by atoms with E-state index in [2.05, 4.69) is 33.4 Å². The van der Waals surface area contributed by atoms with E-state index in [9.17, 15) is 0 Å². The number of hydrogen-bond acceptors (Lipinski definition) is 1. The van der Waals surface area contributed by atoms with E-state index >= 15 is 0 Å². The summed E-state index contributed by atoms with van der Waals surface area (Å²) in [5.41, 5.74) is 1.33. The number of nitrogens with one attached hydrogen (secondary N) is 1. The second-order valence-corrected chi connectivity index (χ2v) is 4.58. The molecule has 0 bridgehead atoms. The van der Waals surface area contributed by atoms with Crippen molar-refractivity contribution < 1.29 is 0 Å². The maximum absolute atomic E-state index is 5.92. The molecule has 1 N–H and O–H groups in total. The molecule has 0 unspecified atom stereocenters. The molecule has 1 aliphatic rings. The van der Waals surface area contributed by atoms with Gasteiger partial charge in [-0.3, -0.25) is 0 Å². The van der Waals surface area contributed by atoms with Gasteiger partial charge in [-0.2, -0.15) is 0 Å². The fourth-order valence-electron chi connectivity index (χ4n) is 1.70. The van der Waals surface area contributed by atoms with E-state index in [1.807, 2.05) is 6.07 Å². The second kappa shape index (κ2) is 3.99. The fourth-order valence-corrected chi connectivity index (χ4v) is 2.21. The van der Waals surface area contributed by atoms with Crippen LogP contribution in [-0.4, -0.2) is 6.54 Å². The average molecular weight is 261 g/mol. The lowest BCUT2D eigenvalue weighted by Gasteiger charge is -2.10. The molecule has 0 aliphatic carbocycles. The molecular formula is C10H11BrClN. The lowest BCUT2D eigenvalue weighted by molar-refractivity contribution is 0.647. The Morgan fingerprint density at radius 1 is 1.46 bits per heavy atom. The Bertz CT molecular complexity index is 308. The largest absolute Gasteiger partial charge is 0.310 e. The standard InChI is InChI=1S/C10H11BrClN/c11-8-6-7(3-4-9(8)12)10-2-1-5-13-10/h3-4,6,10,13H,1-2,5H2/t10-/m1/s1. The van der Waals surface area contributed by atoms with Crippen LogP contribution in [0.2, 0.25) is 5.02 Å². The van der Waals surface area contributed by atoms with Crippen molar-refractivity contribution in [3.63, 3.8) is 0 Å². The summed E-state index contributed by atoms with van der Waals surface area (Å²) in [6.07, 6.45) is 2.50.